The lowest BCUT2D eigenvalue weighted by atomic mass is 10.0. The average Bonchev–Trinajstić information content (AvgIpc) is 3.21. The van der Waals surface area contributed by atoms with Crippen molar-refractivity contribution in [3.05, 3.63) is 65.9 Å². The van der Waals surface area contributed by atoms with E-state index in [9.17, 15) is 4.39 Å². The second-order valence-electron chi connectivity index (χ2n) is 7.34. The number of fused-ring (bicyclic) bond motifs is 1. The van der Waals surface area contributed by atoms with Gasteiger partial charge in [-0.15, -0.1) is 10.2 Å². The highest BCUT2D eigenvalue weighted by Gasteiger charge is 2.23. The Morgan fingerprint density at radius 2 is 2.03 bits per heavy atom. The summed E-state index contributed by atoms with van der Waals surface area (Å²) in [4.78, 5) is 7.01. The fourth-order valence-corrected chi connectivity index (χ4v) is 3.74. The maximum absolute atomic E-state index is 13.9. The second-order valence-corrected chi connectivity index (χ2v) is 7.34. The van der Waals surface area contributed by atoms with Crippen molar-refractivity contribution in [2.75, 3.05) is 39.4 Å². The van der Waals surface area contributed by atoms with Crippen molar-refractivity contribution in [1.82, 2.24) is 30.1 Å². The van der Waals surface area contributed by atoms with Crippen molar-refractivity contribution >= 4 is 11.6 Å². The lowest BCUT2D eigenvalue weighted by molar-refractivity contribution is 0.0169. The number of rotatable bonds is 7. The summed E-state index contributed by atoms with van der Waals surface area (Å²) in [6, 6.07) is 12.6. The average molecular weight is 426 g/mol. The van der Waals surface area contributed by atoms with Crippen LogP contribution in [0.5, 0.6) is 0 Å². The third kappa shape index (κ3) is 5.36. The largest absolute Gasteiger partial charge is 0.379 e. The third-order valence-corrected chi connectivity index (χ3v) is 5.29. The lowest BCUT2D eigenvalue weighted by Crippen LogP contribution is -2.46. The number of halogens is 1. The van der Waals surface area contributed by atoms with Crippen molar-refractivity contribution in [1.29, 1.82) is 0 Å². The van der Waals surface area contributed by atoms with E-state index < -0.39 is 0 Å². The zero-order valence-corrected chi connectivity index (χ0v) is 17.7. The summed E-state index contributed by atoms with van der Waals surface area (Å²) in [5.41, 5.74) is 1.73. The number of guanidine groups is 1. The van der Waals surface area contributed by atoms with Gasteiger partial charge in [-0.2, -0.15) is 0 Å². The normalized spacial score (nSPS) is 16.4. The summed E-state index contributed by atoms with van der Waals surface area (Å²) in [5, 5.41) is 15.1. The zero-order chi connectivity index (χ0) is 21.5. The minimum absolute atomic E-state index is 0.0115. The van der Waals surface area contributed by atoms with Gasteiger partial charge in [-0.1, -0.05) is 18.2 Å². The number of pyridine rings is 1. The highest BCUT2D eigenvalue weighted by atomic mass is 19.1. The van der Waals surface area contributed by atoms with Gasteiger partial charge in [-0.3, -0.25) is 9.30 Å². The van der Waals surface area contributed by atoms with Crippen molar-refractivity contribution in [2.24, 2.45) is 4.99 Å². The van der Waals surface area contributed by atoms with E-state index in [1.54, 1.807) is 12.1 Å². The topological polar surface area (TPSA) is 79.1 Å². The highest BCUT2D eigenvalue weighted by Crippen LogP contribution is 2.22. The van der Waals surface area contributed by atoms with Gasteiger partial charge < -0.3 is 15.4 Å². The van der Waals surface area contributed by atoms with Crippen LogP contribution in [0.15, 0.2) is 53.7 Å². The van der Waals surface area contributed by atoms with Crippen LogP contribution < -0.4 is 10.6 Å². The number of benzene rings is 1. The molecule has 1 saturated heterocycles. The molecular formula is C22H28FN7O. The van der Waals surface area contributed by atoms with Crippen molar-refractivity contribution in [2.45, 2.75) is 19.5 Å². The molecule has 0 aliphatic carbocycles. The van der Waals surface area contributed by atoms with Gasteiger partial charge in [0.1, 0.15) is 12.4 Å². The molecule has 0 amide bonds. The van der Waals surface area contributed by atoms with Crippen LogP contribution in [0.1, 0.15) is 24.4 Å². The first-order chi connectivity index (χ1) is 15.2. The van der Waals surface area contributed by atoms with Gasteiger partial charge in [0.2, 0.25) is 0 Å². The van der Waals surface area contributed by atoms with Crippen molar-refractivity contribution in [3.63, 3.8) is 0 Å². The van der Waals surface area contributed by atoms with E-state index >= 15 is 0 Å². The number of ether oxygens (including phenoxy) is 1. The molecule has 1 aliphatic heterocycles. The van der Waals surface area contributed by atoms with E-state index in [-0.39, 0.29) is 11.9 Å². The van der Waals surface area contributed by atoms with E-state index in [4.69, 9.17) is 4.74 Å². The summed E-state index contributed by atoms with van der Waals surface area (Å²) >= 11 is 0. The predicted molar refractivity (Wildman–Crippen MR) is 117 cm³/mol. The van der Waals surface area contributed by atoms with E-state index in [1.165, 1.54) is 6.07 Å². The molecule has 31 heavy (non-hydrogen) atoms. The Hall–Kier alpha value is -3.04. The van der Waals surface area contributed by atoms with Crippen LogP contribution in [0.4, 0.5) is 4.39 Å². The molecule has 4 rings (SSSR count). The fraction of sp³-hybridized carbons (Fsp3) is 0.409. The Bertz CT molecular complexity index is 1020. The smallest absolute Gasteiger partial charge is 0.191 e. The molecule has 1 atom stereocenters. The lowest BCUT2D eigenvalue weighted by Gasteiger charge is -2.35. The SMILES string of the molecule is CCNC(=NCc1nnc2ccccn12)NCC(c1cccc(F)c1)N1CCOCC1. The molecule has 0 bridgehead atoms. The van der Waals surface area contributed by atoms with Gasteiger partial charge in [0, 0.05) is 32.4 Å². The summed E-state index contributed by atoms with van der Waals surface area (Å²) in [6.45, 7) is 6.72. The molecule has 1 aromatic carbocycles. The van der Waals surface area contributed by atoms with Crippen LogP contribution in [0.3, 0.4) is 0 Å². The molecule has 0 saturated carbocycles. The van der Waals surface area contributed by atoms with Gasteiger partial charge in [-0.25, -0.2) is 9.38 Å². The first kappa shape index (κ1) is 21.2. The van der Waals surface area contributed by atoms with Crippen LogP contribution in [0.2, 0.25) is 0 Å². The molecule has 2 aromatic heterocycles. The van der Waals surface area contributed by atoms with Gasteiger partial charge >= 0.3 is 0 Å². The Morgan fingerprint density at radius 1 is 1.16 bits per heavy atom. The third-order valence-electron chi connectivity index (χ3n) is 5.29. The summed E-state index contributed by atoms with van der Waals surface area (Å²) in [7, 11) is 0. The molecule has 164 valence electrons. The molecule has 9 heteroatoms. The molecule has 3 aromatic rings. The van der Waals surface area contributed by atoms with Gasteiger partial charge in [0.15, 0.2) is 17.4 Å². The number of aliphatic imine (C=N–C) groups is 1. The van der Waals surface area contributed by atoms with E-state index in [0.29, 0.717) is 32.3 Å². The Balaban J connectivity index is 1.49. The van der Waals surface area contributed by atoms with Gasteiger partial charge in [-0.05, 0) is 36.8 Å². The molecule has 2 N–H and O–H groups in total. The number of hydrogen-bond donors (Lipinski definition) is 2. The van der Waals surface area contributed by atoms with Crippen LogP contribution in [-0.2, 0) is 11.3 Å². The predicted octanol–water partition coefficient (Wildman–Crippen LogP) is 2.00. The van der Waals surface area contributed by atoms with Gasteiger partial charge in [0.05, 0.1) is 19.3 Å². The first-order valence-corrected chi connectivity index (χ1v) is 10.6. The monoisotopic (exact) mass is 425 g/mol. The summed E-state index contributed by atoms with van der Waals surface area (Å²) in [5.74, 6) is 1.22. The van der Waals surface area contributed by atoms with E-state index in [1.807, 2.05) is 41.8 Å². The van der Waals surface area contributed by atoms with E-state index in [0.717, 1.165) is 36.7 Å². The maximum atomic E-state index is 13.9. The molecule has 1 unspecified atom stereocenters. The van der Waals surface area contributed by atoms with Crippen LogP contribution in [-0.4, -0.2) is 64.9 Å². The quantitative estimate of drug-likeness (QED) is 0.445. The molecule has 1 fully saturated rings. The molecule has 8 nitrogen and oxygen atoms in total. The zero-order valence-electron chi connectivity index (χ0n) is 17.7. The number of nitrogens with one attached hydrogen (secondary N) is 2. The molecule has 0 radical (unpaired) electrons. The molecule has 0 spiro atoms. The van der Waals surface area contributed by atoms with Crippen molar-refractivity contribution in [3.8, 4) is 0 Å². The Kier molecular flexibility index (Phi) is 7.06. The highest BCUT2D eigenvalue weighted by molar-refractivity contribution is 5.79. The molecule has 1 aliphatic rings. The minimum Gasteiger partial charge on any atom is -0.379 e. The van der Waals surface area contributed by atoms with Crippen molar-refractivity contribution < 1.29 is 9.13 Å². The Morgan fingerprint density at radius 3 is 2.84 bits per heavy atom. The standard InChI is InChI=1S/C22H28FN7O/c1-2-24-22(26-16-21-28-27-20-8-3-4-9-30(20)21)25-15-19(29-10-12-31-13-11-29)17-6-5-7-18(23)14-17/h3-9,14,19H,2,10-13,15-16H2,1H3,(H2,24,25,26). The number of aromatic nitrogens is 3. The number of hydrogen-bond acceptors (Lipinski definition) is 5. The van der Waals surface area contributed by atoms with Gasteiger partial charge in [0.25, 0.3) is 0 Å². The van der Waals surface area contributed by atoms with E-state index in [2.05, 4.69) is 30.7 Å². The maximum Gasteiger partial charge on any atom is 0.191 e. The molecular weight excluding hydrogens is 397 g/mol. The minimum atomic E-state index is -0.227. The Labute approximate surface area is 181 Å². The number of morpholine rings is 1. The summed E-state index contributed by atoms with van der Waals surface area (Å²) in [6.07, 6.45) is 1.93. The van der Waals surface area contributed by atoms with Crippen LogP contribution in [0, 0.1) is 5.82 Å². The number of nitrogens with zero attached hydrogens (tertiary/aromatic N) is 5. The summed E-state index contributed by atoms with van der Waals surface area (Å²) < 4.78 is 21.3. The first-order valence-electron chi connectivity index (χ1n) is 10.6. The van der Waals surface area contributed by atoms with Crippen LogP contribution in [0.25, 0.3) is 5.65 Å². The second kappa shape index (κ2) is 10.3. The van der Waals surface area contributed by atoms with Crippen LogP contribution >= 0.6 is 0 Å². The fourth-order valence-electron chi connectivity index (χ4n) is 3.74. The molecule has 3 heterocycles.